The number of ether oxygens (including phenoxy) is 1. The average Bonchev–Trinajstić information content (AvgIpc) is 2.36. The Labute approximate surface area is 120 Å². The van der Waals surface area contributed by atoms with Crippen molar-refractivity contribution in [3.05, 3.63) is 23.8 Å². The lowest BCUT2D eigenvalue weighted by Crippen LogP contribution is -2.39. The van der Waals surface area contributed by atoms with Crippen LogP contribution in [0, 0.1) is 0 Å². The fraction of sp³-hybridized carbons (Fsp3) is 0.538. The van der Waals surface area contributed by atoms with E-state index in [1.165, 1.54) is 19.2 Å². The van der Waals surface area contributed by atoms with Gasteiger partial charge in [-0.25, -0.2) is 13.1 Å². The minimum absolute atomic E-state index is 0.0720. The van der Waals surface area contributed by atoms with E-state index >= 15 is 0 Å². The van der Waals surface area contributed by atoms with Crippen LogP contribution in [0.5, 0.6) is 5.75 Å². The maximum Gasteiger partial charge on any atom is 0.244 e. The molecule has 0 aliphatic carbocycles. The molecule has 0 aliphatic rings. The normalized spacial score (nSPS) is 13.5. The Balaban J connectivity index is 3.03. The van der Waals surface area contributed by atoms with Crippen molar-refractivity contribution in [1.82, 2.24) is 9.62 Å². The Morgan fingerprint density at radius 2 is 2.05 bits per heavy atom. The van der Waals surface area contributed by atoms with E-state index in [2.05, 4.69) is 4.72 Å². The van der Waals surface area contributed by atoms with Gasteiger partial charge < -0.3 is 14.7 Å². The molecule has 0 saturated carbocycles. The van der Waals surface area contributed by atoms with Crippen LogP contribution < -0.4 is 9.46 Å². The lowest BCUT2D eigenvalue weighted by molar-refractivity contribution is 0.280. The summed E-state index contributed by atoms with van der Waals surface area (Å²) < 4.78 is 32.4. The van der Waals surface area contributed by atoms with Gasteiger partial charge in [0.05, 0.1) is 13.7 Å². The van der Waals surface area contributed by atoms with E-state index in [-0.39, 0.29) is 23.3 Å². The number of nitrogens with one attached hydrogen (secondary N) is 1. The van der Waals surface area contributed by atoms with Crippen LogP contribution in [0.3, 0.4) is 0 Å². The summed E-state index contributed by atoms with van der Waals surface area (Å²) in [6.07, 6.45) is 0. The van der Waals surface area contributed by atoms with Crippen LogP contribution in [-0.2, 0) is 16.6 Å². The Hall–Kier alpha value is -1.15. The first kappa shape index (κ1) is 16.9. The molecule has 7 heteroatoms. The molecule has 0 saturated heterocycles. The second-order valence-corrected chi connectivity index (χ2v) is 6.61. The third-order valence-electron chi connectivity index (χ3n) is 2.70. The van der Waals surface area contributed by atoms with Gasteiger partial charge in [0, 0.05) is 12.6 Å². The smallest absolute Gasteiger partial charge is 0.244 e. The number of aliphatic hydroxyl groups excluding tert-OH is 1. The number of aliphatic hydroxyl groups is 1. The Kier molecular flexibility index (Phi) is 5.94. The minimum atomic E-state index is -3.66. The predicted octanol–water partition coefficient (Wildman–Crippen LogP) is 0.416. The summed E-state index contributed by atoms with van der Waals surface area (Å²) >= 11 is 0. The van der Waals surface area contributed by atoms with Crippen molar-refractivity contribution in [2.75, 3.05) is 27.7 Å². The number of sulfonamides is 1. The fourth-order valence-electron chi connectivity index (χ4n) is 1.95. The molecule has 0 aliphatic heterocycles. The molecule has 1 aromatic carbocycles. The van der Waals surface area contributed by atoms with E-state index in [0.717, 1.165) is 0 Å². The molecule has 0 fully saturated rings. The fourth-order valence-corrected chi connectivity index (χ4v) is 3.33. The molecule has 114 valence electrons. The zero-order valence-corrected chi connectivity index (χ0v) is 13.1. The zero-order chi connectivity index (χ0) is 15.3. The van der Waals surface area contributed by atoms with Crippen LogP contribution in [0.25, 0.3) is 0 Å². The highest BCUT2D eigenvalue weighted by Gasteiger charge is 2.22. The number of methoxy groups -OCH3 is 1. The monoisotopic (exact) mass is 302 g/mol. The summed E-state index contributed by atoms with van der Waals surface area (Å²) in [6.45, 7) is 2.23. The molecule has 2 N–H and O–H groups in total. The van der Waals surface area contributed by atoms with Crippen molar-refractivity contribution in [1.29, 1.82) is 0 Å². The van der Waals surface area contributed by atoms with Crippen molar-refractivity contribution in [2.24, 2.45) is 0 Å². The van der Waals surface area contributed by atoms with Crippen LogP contribution in [0.1, 0.15) is 12.5 Å². The van der Waals surface area contributed by atoms with Gasteiger partial charge in [0.25, 0.3) is 0 Å². The third kappa shape index (κ3) is 4.45. The standard InChI is InChI=1S/C13H22N2O4S/c1-10(8-15(2)3)14-20(17,18)13-6-5-11(9-16)7-12(13)19-4/h5-7,10,14,16H,8-9H2,1-4H3. The molecule has 0 bridgehead atoms. The van der Waals surface area contributed by atoms with Crippen molar-refractivity contribution in [2.45, 2.75) is 24.5 Å². The van der Waals surface area contributed by atoms with E-state index < -0.39 is 10.0 Å². The summed E-state index contributed by atoms with van der Waals surface area (Å²) in [5.41, 5.74) is 0.599. The summed E-state index contributed by atoms with van der Waals surface area (Å²) in [5, 5.41) is 9.07. The number of rotatable bonds is 7. The van der Waals surface area contributed by atoms with Crippen molar-refractivity contribution < 1.29 is 18.3 Å². The number of hydrogen-bond acceptors (Lipinski definition) is 5. The highest BCUT2D eigenvalue weighted by Crippen LogP contribution is 2.25. The summed E-state index contributed by atoms with van der Waals surface area (Å²) in [6, 6.07) is 4.30. The summed E-state index contributed by atoms with van der Waals surface area (Å²) in [5.74, 6) is 0.223. The second kappa shape index (κ2) is 7.03. The van der Waals surface area contributed by atoms with Crippen molar-refractivity contribution >= 4 is 10.0 Å². The lowest BCUT2D eigenvalue weighted by Gasteiger charge is -2.19. The maximum absolute atomic E-state index is 12.3. The van der Waals surface area contributed by atoms with E-state index in [9.17, 15) is 8.42 Å². The highest BCUT2D eigenvalue weighted by molar-refractivity contribution is 7.89. The first-order valence-electron chi connectivity index (χ1n) is 6.25. The molecular weight excluding hydrogens is 280 g/mol. The van der Waals surface area contributed by atoms with E-state index in [0.29, 0.717) is 12.1 Å². The molecule has 0 spiro atoms. The predicted molar refractivity (Wildman–Crippen MR) is 77.3 cm³/mol. The lowest BCUT2D eigenvalue weighted by atomic mass is 10.2. The molecule has 6 nitrogen and oxygen atoms in total. The van der Waals surface area contributed by atoms with Crippen LogP contribution in [0.15, 0.2) is 23.1 Å². The van der Waals surface area contributed by atoms with Crippen molar-refractivity contribution in [3.8, 4) is 5.75 Å². The van der Waals surface area contributed by atoms with E-state index in [4.69, 9.17) is 9.84 Å². The molecule has 0 amide bonds. The Bertz CT molecular complexity index is 543. The molecule has 1 atom stereocenters. The third-order valence-corrected chi connectivity index (χ3v) is 4.32. The zero-order valence-electron chi connectivity index (χ0n) is 12.3. The van der Waals surface area contributed by atoms with Crippen molar-refractivity contribution in [3.63, 3.8) is 0 Å². The topological polar surface area (TPSA) is 78.9 Å². The molecule has 20 heavy (non-hydrogen) atoms. The Morgan fingerprint density at radius 3 is 2.55 bits per heavy atom. The first-order chi connectivity index (χ1) is 9.30. The number of nitrogens with zero attached hydrogens (tertiary/aromatic N) is 1. The number of benzene rings is 1. The summed E-state index contributed by atoms with van der Waals surface area (Å²) in [4.78, 5) is 1.97. The van der Waals surface area contributed by atoms with Gasteiger partial charge in [0.1, 0.15) is 10.6 Å². The highest BCUT2D eigenvalue weighted by atomic mass is 32.2. The number of likely N-dealkylation sites (N-methyl/N-ethyl adjacent to an activating group) is 1. The average molecular weight is 302 g/mol. The van der Waals surface area contributed by atoms with Gasteiger partial charge in [-0.2, -0.15) is 0 Å². The van der Waals surface area contributed by atoms with Gasteiger partial charge >= 0.3 is 0 Å². The van der Waals surface area contributed by atoms with E-state index in [1.807, 2.05) is 19.0 Å². The van der Waals surface area contributed by atoms with Crippen LogP contribution in [0.4, 0.5) is 0 Å². The largest absolute Gasteiger partial charge is 0.495 e. The van der Waals surface area contributed by atoms with Gasteiger partial charge in [0.15, 0.2) is 0 Å². The first-order valence-corrected chi connectivity index (χ1v) is 7.73. The minimum Gasteiger partial charge on any atom is -0.495 e. The van der Waals surface area contributed by atoms with Gasteiger partial charge in [-0.05, 0) is 38.7 Å². The summed E-state index contributed by atoms with van der Waals surface area (Å²) in [7, 11) is 1.50. The number of hydrogen-bond donors (Lipinski definition) is 2. The Morgan fingerprint density at radius 1 is 1.40 bits per heavy atom. The molecule has 0 aromatic heterocycles. The van der Waals surface area contributed by atoms with Gasteiger partial charge in [-0.3, -0.25) is 0 Å². The maximum atomic E-state index is 12.3. The van der Waals surface area contributed by atoms with Crippen LogP contribution in [0.2, 0.25) is 0 Å². The second-order valence-electron chi connectivity index (χ2n) is 4.93. The van der Waals surface area contributed by atoms with Gasteiger partial charge in [0.2, 0.25) is 10.0 Å². The molecule has 0 heterocycles. The SMILES string of the molecule is COc1cc(CO)ccc1S(=O)(=O)NC(C)CN(C)C. The van der Waals surface area contributed by atoms with E-state index in [1.54, 1.807) is 13.0 Å². The molecule has 1 unspecified atom stereocenters. The molecular formula is C13H22N2O4S. The molecule has 1 rings (SSSR count). The molecule has 0 radical (unpaired) electrons. The molecule has 1 aromatic rings. The van der Waals surface area contributed by atoms with Crippen LogP contribution >= 0.6 is 0 Å². The van der Waals surface area contributed by atoms with Gasteiger partial charge in [-0.1, -0.05) is 6.07 Å². The van der Waals surface area contributed by atoms with Crippen LogP contribution in [-0.4, -0.2) is 52.2 Å². The van der Waals surface area contributed by atoms with Gasteiger partial charge in [-0.15, -0.1) is 0 Å². The quantitative estimate of drug-likeness (QED) is 0.763.